The molecule has 1 N–H and O–H groups in total. The predicted molar refractivity (Wildman–Crippen MR) is 55.2 cm³/mol. The molecule has 0 saturated carbocycles. The molecule has 1 aliphatic rings. The summed E-state index contributed by atoms with van der Waals surface area (Å²) < 4.78 is 5.43. The summed E-state index contributed by atoms with van der Waals surface area (Å²) in [4.78, 5) is 4.53. The largest absolute Gasteiger partial charge is 0.362 e. The van der Waals surface area contributed by atoms with E-state index in [1.165, 1.54) is 5.71 Å². The van der Waals surface area contributed by atoms with Crippen LogP contribution in [-0.4, -0.2) is 31.6 Å². The second-order valence-electron chi connectivity index (χ2n) is 4.36. The lowest BCUT2D eigenvalue weighted by molar-refractivity contribution is 0.0449. The smallest absolute Gasteiger partial charge is 0.128 e. The number of nitrogens with zero attached hydrogens (tertiary/aromatic N) is 1. The summed E-state index contributed by atoms with van der Waals surface area (Å²) in [6.45, 7) is 10.9. The highest BCUT2D eigenvalue weighted by molar-refractivity contribution is 5.91. The molecule has 0 saturated heterocycles. The van der Waals surface area contributed by atoms with Gasteiger partial charge in [-0.1, -0.05) is 20.8 Å². The Bertz CT molecular complexity index is 194. The average Bonchev–Trinajstić information content (AvgIpc) is 2.04. The van der Waals surface area contributed by atoms with Gasteiger partial charge in [-0.15, -0.1) is 0 Å². The molecule has 0 aliphatic carbocycles. The Morgan fingerprint density at radius 1 is 1.54 bits per heavy atom. The van der Waals surface area contributed by atoms with Crippen molar-refractivity contribution in [3.05, 3.63) is 0 Å². The van der Waals surface area contributed by atoms with Crippen molar-refractivity contribution in [1.82, 2.24) is 5.32 Å². The van der Waals surface area contributed by atoms with Crippen molar-refractivity contribution in [3.8, 4) is 0 Å². The van der Waals surface area contributed by atoms with E-state index in [1.54, 1.807) is 0 Å². The minimum absolute atomic E-state index is 0.121. The topological polar surface area (TPSA) is 33.6 Å². The Balaban J connectivity index is 2.48. The fraction of sp³-hybridized carbons (Fsp3) is 0.900. The van der Waals surface area contributed by atoms with Gasteiger partial charge in [-0.25, -0.2) is 0 Å². The third-order valence-electron chi connectivity index (χ3n) is 2.18. The third kappa shape index (κ3) is 3.08. The van der Waals surface area contributed by atoms with Gasteiger partial charge in [-0.3, -0.25) is 10.3 Å². The van der Waals surface area contributed by atoms with Crippen molar-refractivity contribution in [2.24, 2.45) is 10.4 Å². The van der Waals surface area contributed by atoms with Crippen LogP contribution in [0.25, 0.3) is 0 Å². The van der Waals surface area contributed by atoms with Gasteiger partial charge >= 0.3 is 0 Å². The van der Waals surface area contributed by atoms with Crippen LogP contribution < -0.4 is 5.32 Å². The van der Waals surface area contributed by atoms with Crippen molar-refractivity contribution in [3.63, 3.8) is 0 Å². The Kier molecular flexibility index (Phi) is 3.45. The highest BCUT2D eigenvalue weighted by atomic mass is 16.5. The number of aliphatic imine (C=N–C) groups is 1. The normalized spacial score (nSPS) is 24.3. The van der Waals surface area contributed by atoms with Gasteiger partial charge < -0.3 is 4.74 Å². The lowest BCUT2D eigenvalue weighted by Gasteiger charge is -2.29. The van der Waals surface area contributed by atoms with Crippen LogP contribution >= 0.6 is 0 Å². The van der Waals surface area contributed by atoms with E-state index in [9.17, 15) is 0 Å². The maximum atomic E-state index is 5.43. The highest BCUT2D eigenvalue weighted by Gasteiger charge is 2.23. The molecule has 1 heterocycles. The molecule has 1 unspecified atom stereocenters. The first kappa shape index (κ1) is 10.7. The number of hydrogen-bond donors (Lipinski definition) is 1. The van der Waals surface area contributed by atoms with Crippen molar-refractivity contribution in [2.45, 2.75) is 33.9 Å². The van der Waals surface area contributed by atoms with Crippen LogP contribution in [0, 0.1) is 5.41 Å². The van der Waals surface area contributed by atoms with Crippen LogP contribution in [0.15, 0.2) is 4.99 Å². The molecular formula is C10H20N2O. The zero-order valence-electron chi connectivity index (χ0n) is 9.05. The quantitative estimate of drug-likeness (QED) is 0.704. The second-order valence-corrected chi connectivity index (χ2v) is 4.36. The number of nitrogens with one attached hydrogen (secondary N) is 1. The minimum atomic E-state index is 0.121. The average molecular weight is 184 g/mol. The molecule has 0 amide bonds. The molecule has 0 aromatic heterocycles. The van der Waals surface area contributed by atoms with E-state index in [2.05, 4.69) is 31.1 Å². The number of rotatable bonds is 2. The van der Waals surface area contributed by atoms with E-state index in [-0.39, 0.29) is 11.6 Å². The van der Waals surface area contributed by atoms with E-state index >= 15 is 0 Å². The fourth-order valence-corrected chi connectivity index (χ4v) is 1.34. The Hall–Kier alpha value is -0.410. The summed E-state index contributed by atoms with van der Waals surface area (Å²) in [6.07, 6.45) is 0.121. The van der Waals surface area contributed by atoms with Crippen LogP contribution in [0.4, 0.5) is 0 Å². The third-order valence-corrected chi connectivity index (χ3v) is 2.18. The first-order valence-electron chi connectivity index (χ1n) is 4.93. The first-order chi connectivity index (χ1) is 6.04. The molecule has 1 rings (SSSR count). The molecule has 0 spiro atoms. The molecule has 0 fully saturated rings. The molecule has 1 aliphatic heterocycles. The molecule has 76 valence electrons. The van der Waals surface area contributed by atoms with E-state index in [0.29, 0.717) is 0 Å². The zero-order valence-corrected chi connectivity index (χ0v) is 9.05. The van der Waals surface area contributed by atoms with Crippen LogP contribution in [0.5, 0.6) is 0 Å². The highest BCUT2D eigenvalue weighted by Crippen LogP contribution is 2.17. The summed E-state index contributed by atoms with van der Waals surface area (Å²) >= 11 is 0. The van der Waals surface area contributed by atoms with E-state index in [0.717, 1.165) is 19.7 Å². The summed E-state index contributed by atoms with van der Waals surface area (Å²) in [5.41, 5.74) is 1.42. The van der Waals surface area contributed by atoms with Crippen molar-refractivity contribution in [1.29, 1.82) is 0 Å². The number of ether oxygens (including phenoxy) is 1. The first-order valence-corrected chi connectivity index (χ1v) is 4.93. The zero-order chi connectivity index (χ0) is 9.90. The van der Waals surface area contributed by atoms with Gasteiger partial charge in [-0.2, -0.15) is 0 Å². The van der Waals surface area contributed by atoms with Crippen molar-refractivity contribution in [2.75, 3.05) is 19.7 Å². The van der Waals surface area contributed by atoms with Gasteiger partial charge in [0.25, 0.3) is 0 Å². The molecular weight excluding hydrogens is 164 g/mol. The van der Waals surface area contributed by atoms with Crippen molar-refractivity contribution >= 4 is 5.71 Å². The fourth-order valence-electron chi connectivity index (χ4n) is 1.34. The predicted octanol–water partition coefficient (Wildman–Crippen LogP) is 1.44. The molecule has 0 aromatic rings. The number of hydrogen-bond acceptors (Lipinski definition) is 3. The maximum Gasteiger partial charge on any atom is 0.128 e. The van der Waals surface area contributed by atoms with Gasteiger partial charge in [0.15, 0.2) is 0 Å². The Labute approximate surface area is 80.6 Å². The summed E-state index contributed by atoms with van der Waals surface area (Å²) in [5.74, 6) is 0. The van der Waals surface area contributed by atoms with Gasteiger partial charge in [0.1, 0.15) is 6.23 Å². The van der Waals surface area contributed by atoms with Crippen LogP contribution in [0.1, 0.15) is 27.7 Å². The molecule has 1 atom stereocenters. The van der Waals surface area contributed by atoms with Gasteiger partial charge in [-0.05, 0) is 6.92 Å². The van der Waals surface area contributed by atoms with Gasteiger partial charge in [0, 0.05) is 24.3 Å². The van der Waals surface area contributed by atoms with Crippen LogP contribution in [-0.2, 0) is 4.74 Å². The van der Waals surface area contributed by atoms with Crippen LogP contribution in [0.3, 0.4) is 0 Å². The monoisotopic (exact) mass is 184 g/mol. The standard InChI is InChI=1S/C10H20N2O/c1-5-13-9-7-11-8(6-12-9)10(2,3)4/h9,12H,5-7H2,1-4H3. The molecule has 0 aromatic carbocycles. The summed E-state index contributed by atoms with van der Waals surface area (Å²) in [6, 6.07) is 0. The molecule has 0 bridgehead atoms. The van der Waals surface area contributed by atoms with Gasteiger partial charge in [0.2, 0.25) is 0 Å². The molecule has 3 nitrogen and oxygen atoms in total. The minimum Gasteiger partial charge on any atom is -0.362 e. The Morgan fingerprint density at radius 3 is 2.62 bits per heavy atom. The molecule has 0 radical (unpaired) electrons. The lowest BCUT2D eigenvalue weighted by Crippen LogP contribution is -2.45. The maximum absolute atomic E-state index is 5.43. The van der Waals surface area contributed by atoms with E-state index < -0.39 is 0 Å². The van der Waals surface area contributed by atoms with E-state index in [4.69, 9.17) is 4.74 Å². The second kappa shape index (κ2) is 4.20. The van der Waals surface area contributed by atoms with Crippen LogP contribution in [0.2, 0.25) is 0 Å². The SMILES string of the molecule is CCOC1CN=C(C(C)(C)C)CN1. The van der Waals surface area contributed by atoms with E-state index in [1.807, 2.05) is 6.92 Å². The summed E-state index contributed by atoms with van der Waals surface area (Å²) in [7, 11) is 0. The molecule has 13 heavy (non-hydrogen) atoms. The molecule has 3 heteroatoms. The lowest BCUT2D eigenvalue weighted by atomic mass is 9.89. The Morgan fingerprint density at radius 2 is 2.23 bits per heavy atom. The van der Waals surface area contributed by atoms with Gasteiger partial charge in [0.05, 0.1) is 6.54 Å². The van der Waals surface area contributed by atoms with Crippen molar-refractivity contribution < 1.29 is 4.74 Å². The summed E-state index contributed by atoms with van der Waals surface area (Å²) in [5, 5.41) is 3.32.